The summed E-state index contributed by atoms with van der Waals surface area (Å²) in [5, 5.41) is 16.5. The molecule has 248 valence electrons. The summed E-state index contributed by atoms with van der Waals surface area (Å²) in [7, 11) is 0. The highest BCUT2D eigenvalue weighted by atomic mass is 19.2. The van der Waals surface area contributed by atoms with Gasteiger partial charge in [-0.05, 0) is 64.5 Å². The normalized spacial score (nSPS) is 16.8. The van der Waals surface area contributed by atoms with Crippen molar-refractivity contribution < 1.29 is 23.1 Å². The third-order valence-corrected chi connectivity index (χ3v) is 7.21. The number of halogens is 3. The molecule has 0 aliphatic heterocycles. The molecule has 11 heteroatoms. The van der Waals surface area contributed by atoms with E-state index in [2.05, 4.69) is 39.0 Å². The minimum atomic E-state index is -1.34. The van der Waals surface area contributed by atoms with Crippen molar-refractivity contribution in [1.82, 2.24) is 15.5 Å². The predicted octanol–water partition coefficient (Wildman–Crippen LogP) is 7.52. The number of carbonyl (C=O) groups is 1. The van der Waals surface area contributed by atoms with Gasteiger partial charge in [0.25, 0.3) is 0 Å². The van der Waals surface area contributed by atoms with Crippen molar-refractivity contribution in [2.24, 2.45) is 20.9 Å². The van der Waals surface area contributed by atoms with Crippen LogP contribution in [0.25, 0.3) is 0 Å². The first-order chi connectivity index (χ1) is 21.9. The number of nitrogens with one attached hydrogen (secondary N) is 2. The zero-order valence-corrected chi connectivity index (χ0v) is 27.7. The molecule has 2 amide bonds. The molecule has 1 aromatic rings. The van der Waals surface area contributed by atoms with Gasteiger partial charge in [0.05, 0.1) is 36.6 Å². The zero-order chi connectivity index (χ0) is 34.4. The molecule has 0 bridgehead atoms. The Kier molecular flexibility index (Phi) is 15.0. The number of urea groups is 1. The van der Waals surface area contributed by atoms with Gasteiger partial charge in [-0.1, -0.05) is 39.3 Å². The Bertz CT molecular complexity index is 1510. The number of aliphatic hydroxyl groups excluding tert-OH is 1. The maximum atomic E-state index is 14.7. The van der Waals surface area contributed by atoms with Gasteiger partial charge < -0.3 is 20.6 Å². The smallest absolute Gasteiger partial charge is 0.347 e. The molecule has 1 aliphatic rings. The van der Waals surface area contributed by atoms with Crippen molar-refractivity contribution in [3.05, 3.63) is 83.2 Å². The van der Waals surface area contributed by atoms with Gasteiger partial charge in [-0.2, -0.15) is 4.99 Å². The topological polar surface area (TPSA) is 102 Å². The van der Waals surface area contributed by atoms with Crippen molar-refractivity contribution >= 4 is 23.4 Å². The number of guanidine groups is 1. The lowest BCUT2D eigenvalue weighted by Gasteiger charge is -2.23. The van der Waals surface area contributed by atoms with Gasteiger partial charge >= 0.3 is 6.03 Å². The second kappa shape index (κ2) is 18.4. The lowest BCUT2D eigenvalue weighted by atomic mass is 10.0. The molecule has 3 N–H and O–H groups in total. The Balaban J connectivity index is 2.47. The van der Waals surface area contributed by atoms with Gasteiger partial charge in [0, 0.05) is 35.8 Å². The van der Waals surface area contributed by atoms with E-state index in [9.17, 15) is 23.1 Å². The molecule has 0 fully saturated rings. The molecule has 2 rings (SSSR count). The Hall–Kier alpha value is -4.59. The van der Waals surface area contributed by atoms with Crippen molar-refractivity contribution in [2.75, 3.05) is 6.54 Å². The molecule has 0 aromatic heterocycles. The van der Waals surface area contributed by atoms with E-state index >= 15 is 0 Å². The standard InChI is InChI=1S/C35H45F3N6O2/c1-9-14-15-22(6)24(8)40-23(7)20-44(21-26-16-29(37)30(38)18-28(26)36)35(46)43-34(39-13-5)42-32-17-25(10-2)31(19-33(32)45)41-27(11-3)12-4/h10,13,16-19,22,24,27,45H,5,9,11-12,20-21H2,1-4,6-8H3,(H2,39,42,43,46)/b25-10-,40-23+,41-31-. The van der Waals surface area contributed by atoms with E-state index in [1.165, 1.54) is 12.3 Å². The number of benzene rings is 1. The number of aliphatic imine (C=N–C) groups is 3. The van der Waals surface area contributed by atoms with Gasteiger partial charge in [0.1, 0.15) is 11.6 Å². The summed E-state index contributed by atoms with van der Waals surface area (Å²) < 4.78 is 42.4. The number of aliphatic hydroxyl groups is 1. The molecule has 0 heterocycles. The summed E-state index contributed by atoms with van der Waals surface area (Å²) in [6, 6.07) is 0.199. The van der Waals surface area contributed by atoms with Gasteiger partial charge in [-0.25, -0.2) is 18.0 Å². The quantitative estimate of drug-likeness (QED) is 0.101. The minimum Gasteiger partial charge on any atom is -0.506 e. The molecule has 0 saturated carbocycles. The molecule has 0 radical (unpaired) electrons. The second-order valence-corrected chi connectivity index (χ2v) is 10.8. The van der Waals surface area contributed by atoms with Crippen LogP contribution in [0.3, 0.4) is 0 Å². The summed E-state index contributed by atoms with van der Waals surface area (Å²) in [6.07, 6.45) is 8.76. The highest BCUT2D eigenvalue weighted by Crippen LogP contribution is 2.20. The minimum absolute atomic E-state index is 0.0553. The van der Waals surface area contributed by atoms with Crippen LogP contribution < -0.4 is 10.6 Å². The number of hydrogen-bond acceptors (Lipinski definition) is 4. The molecule has 0 saturated heterocycles. The number of hydrogen-bond donors (Lipinski definition) is 3. The number of nitrogens with zero attached hydrogens (tertiary/aromatic N) is 4. The van der Waals surface area contributed by atoms with Gasteiger partial charge in [-0.3, -0.25) is 9.98 Å². The third kappa shape index (κ3) is 11.1. The van der Waals surface area contributed by atoms with E-state index in [1.54, 1.807) is 13.0 Å². The van der Waals surface area contributed by atoms with E-state index in [4.69, 9.17) is 4.99 Å². The zero-order valence-electron chi connectivity index (χ0n) is 27.7. The van der Waals surface area contributed by atoms with E-state index in [1.807, 2.05) is 47.6 Å². The first-order valence-electron chi connectivity index (χ1n) is 15.4. The van der Waals surface area contributed by atoms with Crippen molar-refractivity contribution in [1.29, 1.82) is 0 Å². The molecule has 1 aromatic carbocycles. The summed E-state index contributed by atoms with van der Waals surface area (Å²) in [6.45, 7) is 16.6. The Morgan fingerprint density at radius 2 is 1.78 bits per heavy atom. The number of carbonyl (C=O) groups excluding carboxylic acids is 1. The lowest BCUT2D eigenvalue weighted by molar-refractivity contribution is 0.212. The van der Waals surface area contributed by atoms with Crippen LogP contribution in [0.15, 0.2) is 75.1 Å². The Labute approximate surface area is 270 Å². The maximum absolute atomic E-state index is 14.7. The largest absolute Gasteiger partial charge is 0.506 e. The molecular formula is C35H45F3N6O2. The monoisotopic (exact) mass is 638 g/mol. The van der Waals surface area contributed by atoms with E-state index < -0.39 is 30.0 Å². The Morgan fingerprint density at radius 1 is 1.11 bits per heavy atom. The van der Waals surface area contributed by atoms with Gasteiger partial charge in [-0.15, -0.1) is 5.92 Å². The molecule has 8 nitrogen and oxygen atoms in total. The first kappa shape index (κ1) is 37.6. The van der Waals surface area contributed by atoms with Crippen LogP contribution in [0.1, 0.15) is 73.3 Å². The van der Waals surface area contributed by atoms with Crippen LogP contribution in [0, 0.1) is 35.2 Å². The van der Waals surface area contributed by atoms with Crippen LogP contribution in [-0.4, -0.2) is 52.0 Å². The van der Waals surface area contributed by atoms with E-state index in [-0.39, 0.29) is 47.5 Å². The van der Waals surface area contributed by atoms with Crippen molar-refractivity contribution in [2.45, 2.75) is 86.4 Å². The SMILES string of the molecule is C=CN/C(=N\C(=O)N(C/C(C)=N/C(C)C(C)C#CCC)Cc1cc(F)c(F)cc1F)NC1=CC(=C/C)/C(=N\C(CC)CC)C=C1O. The number of rotatable bonds is 11. The summed E-state index contributed by atoms with van der Waals surface area (Å²) in [5.41, 5.74) is 1.90. The van der Waals surface area contributed by atoms with E-state index in [0.29, 0.717) is 30.0 Å². The van der Waals surface area contributed by atoms with Crippen molar-refractivity contribution in [3.63, 3.8) is 0 Å². The van der Waals surface area contributed by atoms with Crippen LogP contribution in [0.2, 0.25) is 0 Å². The van der Waals surface area contributed by atoms with E-state index in [0.717, 1.165) is 23.3 Å². The molecule has 0 spiro atoms. The molecule has 46 heavy (non-hydrogen) atoms. The molecular weight excluding hydrogens is 593 g/mol. The highest BCUT2D eigenvalue weighted by molar-refractivity contribution is 6.12. The highest BCUT2D eigenvalue weighted by Gasteiger charge is 2.22. The lowest BCUT2D eigenvalue weighted by Crippen LogP contribution is -2.39. The van der Waals surface area contributed by atoms with Gasteiger partial charge in [0.15, 0.2) is 11.6 Å². The van der Waals surface area contributed by atoms with Crippen LogP contribution in [0.5, 0.6) is 0 Å². The fourth-order valence-corrected chi connectivity index (χ4v) is 4.43. The summed E-state index contributed by atoms with van der Waals surface area (Å²) >= 11 is 0. The molecule has 2 atom stereocenters. The third-order valence-electron chi connectivity index (χ3n) is 7.21. The number of allylic oxidation sites excluding steroid dienone is 4. The predicted molar refractivity (Wildman–Crippen MR) is 180 cm³/mol. The summed E-state index contributed by atoms with van der Waals surface area (Å²) in [5.74, 6) is 2.29. The first-order valence-corrected chi connectivity index (χ1v) is 15.4. The average Bonchev–Trinajstić information content (AvgIpc) is 3.01. The second-order valence-electron chi connectivity index (χ2n) is 10.8. The van der Waals surface area contributed by atoms with Crippen LogP contribution in [-0.2, 0) is 6.54 Å². The van der Waals surface area contributed by atoms with Crippen molar-refractivity contribution in [3.8, 4) is 11.8 Å². The fraction of sp³-hybridized carbons (Fsp3) is 0.429. The van der Waals surface area contributed by atoms with Crippen LogP contribution in [0.4, 0.5) is 18.0 Å². The Morgan fingerprint density at radius 3 is 2.39 bits per heavy atom. The number of amides is 2. The fourth-order valence-electron chi connectivity index (χ4n) is 4.43. The maximum Gasteiger partial charge on any atom is 0.347 e. The molecule has 2 unspecified atom stereocenters. The van der Waals surface area contributed by atoms with Gasteiger partial charge in [0.2, 0.25) is 5.96 Å². The average molecular weight is 639 g/mol. The molecule has 1 aliphatic carbocycles. The van der Waals surface area contributed by atoms with Crippen LogP contribution >= 0.6 is 0 Å². The summed E-state index contributed by atoms with van der Waals surface area (Å²) in [4.78, 5) is 28.3.